The molecule has 2 aromatic carbocycles. The van der Waals surface area contributed by atoms with Crippen LogP contribution >= 0.6 is 29.3 Å². The lowest BCUT2D eigenvalue weighted by molar-refractivity contribution is -0.115. The van der Waals surface area contributed by atoms with Crippen molar-refractivity contribution in [3.05, 3.63) is 98.8 Å². The quantitative estimate of drug-likeness (QED) is 0.156. The van der Waals surface area contributed by atoms with E-state index >= 15 is 4.39 Å². The van der Waals surface area contributed by atoms with Gasteiger partial charge in [-0.3, -0.25) is 23.4 Å². The van der Waals surface area contributed by atoms with Gasteiger partial charge in [-0.1, -0.05) is 90.9 Å². The molecule has 0 amide bonds. The minimum atomic E-state index is -4.04. The molecule has 0 radical (unpaired) electrons. The van der Waals surface area contributed by atoms with Crippen LogP contribution in [0.1, 0.15) is 52.0 Å². The molecule has 1 aromatic heterocycles. The van der Waals surface area contributed by atoms with Crippen LogP contribution in [-0.2, 0) is 31.3 Å². The Bertz CT molecular complexity index is 1580. The van der Waals surface area contributed by atoms with Gasteiger partial charge < -0.3 is 9.84 Å². The van der Waals surface area contributed by atoms with Crippen molar-refractivity contribution in [2.24, 2.45) is 0 Å². The van der Waals surface area contributed by atoms with Gasteiger partial charge in [0.25, 0.3) is 5.56 Å². The molecular weight excluding hydrogens is 628 g/mol. The summed E-state index contributed by atoms with van der Waals surface area (Å²) >= 11 is 0. The Balaban J connectivity index is 1.50. The van der Waals surface area contributed by atoms with Crippen LogP contribution in [0, 0.1) is 0 Å². The number of hydrogen-bond donors (Lipinski definition) is 3. The van der Waals surface area contributed by atoms with Crippen molar-refractivity contribution in [1.82, 2.24) is 14.6 Å². The van der Waals surface area contributed by atoms with Crippen LogP contribution in [0.4, 0.5) is 4.39 Å². The lowest BCUT2D eigenvalue weighted by atomic mass is 9.90. The highest BCUT2D eigenvalue weighted by Gasteiger charge is 2.61. The molecule has 0 aliphatic carbocycles. The molecule has 1 aliphatic rings. The van der Waals surface area contributed by atoms with Crippen LogP contribution < -0.4 is 16.3 Å². The standard InChI is InChI=1S/C30H39FN3O7PS2/c1-28(2,3)44-43-23-14-10-9-13-22(23)16-18-39-42(38,32-19-21-11-7-6-8-12-21)40-20-29(4)25(36)30(5,31)26(41-29)34-17-15-24(35)33-27(34)37/h6-15,17,25-26,36H,16,18-20H2,1-5H3,(H,32,38)(H,33,35,37)/t25-,26-,29?,30-,42?/m1/s1. The maximum absolute atomic E-state index is 15.9. The number of benzene rings is 2. The topological polar surface area (TPSA) is 132 Å². The molecule has 10 nitrogen and oxygen atoms in total. The first-order chi connectivity index (χ1) is 20.6. The van der Waals surface area contributed by atoms with E-state index in [0.29, 0.717) is 6.42 Å². The molecule has 1 fully saturated rings. The molecule has 1 saturated heterocycles. The van der Waals surface area contributed by atoms with Crippen molar-refractivity contribution < 1.29 is 27.8 Å². The maximum Gasteiger partial charge on any atom is 0.405 e. The Morgan fingerprint density at radius 2 is 1.77 bits per heavy atom. The zero-order valence-electron chi connectivity index (χ0n) is 25.3. The maximum atomic E-state index is 15.9. The number of halogens is 1. The van der Waals surface area contributed by atoms with Gasteiger partial charge in [-0.25, -0.2) is 18.8 Å². The van der Waals surface area contributed by atoms with Crippen LogP contribution in [-0.4, -0.2) is 50.0 Å². The number of hydrogen-bond acceptors (Lipinski definition) is 9. The normalized spacial score (nSPS) is 25.2. The number of aliphatic hydroxyl groups is 1. The smallest absolute Gasteiger partial charge is 0.386 e. The van der Waals surface area contributed by atoms with Gasteiger partial charge in [0.2, 0.25) is 0 Å². The van der Waals surface area contributed by atoms with Gasteiger partial charge in [0.15, 0.2) is 11.9 Å². The van der Waals surface area contributed by atoms with Crippen molar-refractivity contribution in [3.63, 3.8) is 0 Å². The summed E-state index contributed by atoms with van der Waals surface area (Å²) in [6.07, 6.45) is -1.84. The highest BCUT2D eigenvalue weighted by atomic mass is 33.1. The zero-order chi connectivity index (χ0) is 32.2. The van der Waals surface area contributed by atoms with Crippen molar-refractivity contribution in [3.8, 4) is 0 Å². The third-order valence-electron chi connectivity index (χ3n) is 6.91. The van der Waals surface area contributed by atoms with Crippen LogP contribution in [0.25, 0.3) is 0 Å². The SMILES string of the molecule is CC(C)(C)SSc1ccccc1CCOP(=O)(NCc1ccccc1)OCC1(C)O[C@@H](n2ccc(=O)[nH]c2=O)[C@](C)(F)[C@@H]1O. The van der Waals surface area contributed by atoms with Crippen molar-refractivity contribution >= 4 is 29.3 Å². The third-order valence-corrected chi connectivity index (χ3v) is 11.9. The Morgan fingerprint density at radius 3 is 2.45 bits per heavy atom. The molecule has 1 aliphatic heterocycles. The molecule has 0 bridgehead atoms. The largest absolute Gasteiger partial charge is 0.405 e. The van der Waals surface area contributed by atoms with Gasteiger partial charge in [0.1, 0.15) is 11.7 Å². The van der Waals surface area contributed by atoms with Crippen molar-refractivity contribution in [2.45, 2.75) is 80.8 Å². The van der Waals surface area contributed by atoms with E-state index < -0.39 is 49.2 Å². The third kappa shape index (κ3) is 8.73. The van der Waals surface area contributed by atoms with E-state index in [1.165, 1.54) is 6.92 Å². The molecule has 3 N–H and O–H groups in total. The lowest BCUT2D eigenvalue weighted by Gasteiger charge is -2.30. The molecule has 5 atom stereocenters. The summed E-state index contributed by atoms with van der Waals surface area (Å²) < 4.78 is 48.4. The molecule has 14 heteroatoms. The van der Waals surface area contributed by atoms with Crippen LogP contribution in [0.15, 0.2) is 81.3 Å². The Labute approximate surface area is 264 Å². The summed E-state index contributed by atoms with van der Waals surface area (Å²) in [5, 5.41) is 13.9. The predicted molar refractivity (Wildman–Crippen MR) is 172 cm³/mol. The highest BCUT2D eigenvalue weighted by molar-refractivity contribution is 8.77. The number of nitrogens with one attached hydrogen (secondary N) is 2. The molecule has 0 spiro atoms. The first kappa shape index (κ1) is 34.6. The Kier molecular flexibility index (Phi) is 11.1. The van der Waals surface area contributed by atoms with E-state index in [9.17, 15) is 19.3 Å². The average Bonchev–Trinajstić information content (AvgIpc) is 3.15. The second kappa shape index (κ2) is 14.0. The summed E-state index contributed by atoms with van der Waals surface area (Å²) in [5.74, 6) is 0. The fourth-order valence-corrected chi connectivity index (χ4v) is 8.23. The first-order valence-corrected chi connectivity index (χ1v) is 17.8. The predicted octanol–water partition coefficient (Wildman–Crippen LogP) is 5.63. The number of H-pyrrole nitrogens is 1. The zero-order valence-corrected chi connectivity index (χ0v) is 27.8. The van der Waals surface area contributed by atoms with Crippen molar-refractivity contribution in [2.75, 3.05) is 13.2 Å². The van der Waals surface area contributed by atoms with E-state index in [2.05, 4.69) is 30.8 Å². The molecular formula is C30H39FN3O7PS2. The Morgan fingerprint density at radius 1 is 1.09 bits per heavy atom. The summed E-state index contributed by atoms with van der Waals surface area (Å²) in [7, 11) is -0.630. The molecule has 3 aromatic rings. The molecule has 0 saturated carbocycles. The van der Waals surface area contributed by atoms with Crippen LogP contribution in [0.5, 0.6) is 0 Å². The van der Waals surface area contributed by atoms with Gasteiger partial charge in [0, 0.05) is 28.5 Å². The monoisotopic (exact) mass is 667 g/mol. The minimum Gasteiger partial charge on any atom is -0.386 e. The van der Waals surface area contributed by atoms with E-state index in [4.69, 9.17) is 13.8 Å². The van der Waals surface area contributed by atoms with E-state index in [1.54, 1.807) is 21.6 Å². The second-order valence-electron chi connectivity index (χ2n) is 11.9. The number of aromatic amines is 1. The molecule has 2 unspecified atom stereocenters. The fourth-order valence-electron chi connectivity index (χ4n) is 4.58. The lowest BCUT2D eigenvalue weighted by Crippen LogP contribution is -2.48. The molecule has 4 rings (SSSR count). The van der Waals surface area contributed by atoms with E-state index in [-0.39, 0.29) is 17.9 Å². The molecule has 2 heterocycles. The van der Waals surface area contributed by atoms with Crippen molar-refractivity contribution in [1.29, 1.82) is 0 Å². The van der Waals surface area contributed by atoms with Gasteiger partial charge in [0.05, 0.1) is 13.2 Å². The Hall–Kier alpha value is -2.22. The van der Waals surface area contributed by atoms with Gasteiger partial charge in [-0.2, -0.15) is 0 Å². The van der Waals surface area contributed by atoms with E-state index in [1.807, 2.05) is 54.6 Å². The molecule has 240 valence electrons. The minimum absolute atomic E-state index is 0.0488. The fraction of sp³-hybridized carbons (Fsp3) is 0.467. The number of rotatable bonds is 13. The number of alkyl halides is 1. The van der Waals surface area contributed by atoms with Gasteiger partial charge in [-0.15, -0.1) is 0 Å². The number of ether oxygens (including phenoxy) is 1. The van der Waals surface area contributed by atoms with E-state index in [0.717, 1.165) is 39.8 Å². The van der Waals surface area contributed by atoms with Crippen LogP contribution in [0.3, 0.4) is 0 Å². The number of nitrogens with zero attached hydrogens (tertiary/aromatic N) is 1. The summed E-state index contributed by atoms with van der Waals surface area (Å²) in [4.78, 5) is 27.0. The van der Waals surface area contributed by atoms with Gasteiger partial charge >= 0.3 is 13.4 Å². The highest BCUT2D eigenvalue weighted by Crippen LogP contribution is 2.50. The van der Waals surface area contributed by atoms with Crippen LogP contribution in [0.2, 0.25) is 0 Å². The average molecular weight is 668 g/mol. The molecule has 44 heavy (non-hydrogen) atoms. The number of aromatic nitrogens is 2. The first-order valence-electron chi connectivity index (χ1n) is 14.1. The number of aliphatic hydroxyl groups excluding tert-OH is 1. The van der Waals surface area contributed by atoms with Gasteiger partial charge in [-0.05, 0) is 37.5 Å². The summed E-state index contributed by atoms with van der Waals surface area (Å²) in [5.41, 5.74) is -3.90. The second-order valence-corrected chi connectivity index (χ2v) is 16.7. The summed E-state index contributed by atoms with van der Waals surface area (Å²) in [6, 6.07) is 18.2. The summed E-state index contributed by atoms with van der Waals surface area (Å²) in [6.45, 7) is 8.57.